The normalized spacial score (nSPS) is 19.8. The van der Waals surface area contributed by atoms with Crippen LogP contribution in [0.25, 0.3) is 0 Å². The molecular formula is C13H16ClNOS. The number of alkyl halides is 1. The molecule has 2 unspecified atom stereocenters. The van der Waals surface area contributed by atoms with Gasteiger partial charge in [-0.15, -0.1) is 23.4 Å². The Hall–Kier alpha value is -0.670. The maximum Gasteiger partial charge on any atom is 0.228 e. The van der Waals surface area contributed by atoms with Crippen molar-refractivity contribution < 1.29 is 4.79 Å². The Morgan fingerprint density at radius 2 is 2.35 bits per heavy atom. The third-order valence-corrected chi connectivity index (χ3v) is 4.60. The number of hydrogen-bond donors (Lipinski definition) is 1. The van der Waals surface area contributed by atoms with Crippen molar-refractivity contribution in [3.63, 3.8) is 0 Å². The monoisotopic (exact) mass is 269 g/mol. The van der Waals surface area contributed by atoms with Gasteiger partial charge in [-0.25, -0.2) is 0 Å². The van der Waals surface area contributed by atoms with Crippen molar-refractivity contribution in [2.24, 2.45) is 0 Å². The highest BCUT2D eigenvalue weighted by Gasteiger charge is 2.29. The van der Waals surface area contributed by atoms with E-state index in [0.29, 0.717) is 5.88 Å². The van der Waals surface area contributed by atoms with Crippen molar-refractivity contribution >= 4 is 29.3 Å². The predicted octanol–water partition coefficient (Wildman–Crippen LogP) is 3.01. The van der Waals surface area contributed by atoms with Crippen LogP contribution in [-0.2, 0) is 4.79 Å². The van der Waals surface area contributed by atoms with Gasteiger partial charge in [0, 0.05) is 22.6 Å². The van der Waals surface area contributed by atoms with E-state index in [1.165, 1.54) is 4.90 Å². The average Bonchev–Trinajstić information content (AvgIpc) is 2.79. The van der Waals surface area contributed by atoms with Crippen molar-refractivity contribution in [3.8, 4) is 0 Å². The number of halogens is 1. The minimum absolute atomic E-state index is 0.0199. The number of carbonyl (C=O) groups excluding carboxylic acids is 1. The second-order valence-electron chi connectivity index (χ2n) is 4.17. The van der Waals surface area contributed by atoms with Crippen LogP contribution in [0.5, 0.6) is 0 Å². The van der Waals surface area contributed by atoms with E-state index in [1.807, 2.05) is 25.1 Å². The first kappa shape index (κ1) is 12.8. The van der Waals surface area contributed by atoms with Gasteiger partial charge >= 0.3 is 0 Å². The Morgan fingerprint density at radius 1 is 1.59 bits per heavy atom. The fraction of sp³-hybridized carbons (Fsp3) is 0.462. The first-order chi connectivity index (χ1) is 8.26. The number of fused-ring (bicyclic) bond motifs is 1. The van der Waals surface area contributed by atoms with Crippen LogP contribution in [0.1, 0.15) is 24.8 Å². The Bertz CT molecular complexity index is 406. The van der Waals surface area contributed by atoms with Crippen molar-refractivity contribution in [3.05, 3.63) is 29.8 Å². The highest BCUT2D eigenvalue weighted by molar-refractivity contribution is 7.99. The summed E-state index contributed by atoms with van der Waals surface area (Å²) in [6.45, 7) is 2.03. The van der Waals surface area contributed by atoms with Gasteiger partial charge < -0.3 is 5.32 Å². The summed E-state index contributed by atoms with van der Waals surface area (Å²) >= 11 is 7.55. The standard InChI is InChI=1S/C13H16ClNOS/c1-2-9(7-14)15-13(16)11-8-17-12-6-4-3-5-10(11)12/h3-6,9,11H,2,7-8H2,1H3,(H,15,16). The van der Waals surface area contributed by atoms with Crippen LogP contribution < -0.4 is 5.32 Å². The van der Waals surface area contributed by atoms with E-state index >= 15 is 0 Å². The lowest BCUT2D eigenvalue weighted by atomic mass is 10.00. The van der Waals surface area contributed by atoms with E-state index in [1.54, 1.807) is 11.8 Å². The summed E-state index contributed by atoms with van der Waals surface area (Å²) < 4.78 is 0. The minimum atomic E-state index is -0.0199. The number of amides is 1. The van der Waals surface area contributed by atoms with Gasteiger partial charge in [-0.2, -0.15) is 0 Å². The van der Waals surface area contributed by atoms with Gasteiger partial charge in [0.05, 0.1) is 5.92 Å². The van der Waals surface area contributed by atoms with Crippen LogP contribution >= 0.6 is 23.4 Å². The predicted molar refractivity (Wildman–Crippen MR) is 72.8 cm³/mol. The average molecular weight is 270 g/mol. The summed E-state index contributed by atoms with van der Waals surface area (Å²) in [6.07, 6.45) is 0.872. The molecule has 1 N–H and O–H groups in total. The molecule has 1 heterocycles. The topological polar surface area (TPSA) is 29.1 Å². The van der Waals surface area contributed by atoms with Crippen LogP contribution in [0.3, 0.4) is 0 Å². The molecule has 17 heavy (non-hydrogen) atoms. The number of thioether (sulfide) groups is 1. The minimum Gasteiger partial charge on any atom is -0.352 e. The molecule has 0 radical (unpaired) electrons. The zero-order valence-electron chi connectivity index (χ0n) is 9.78. The van der Waals surface area contributed by atoms with E-state index in [-0.39, 0.29) is 17.9 Å². The van der Waals surface area contributed by atoms with Gasteiger partial charge in [-0.05, 0) is 18.1 Å². The van der Waals surface area contributed by atoms with Gasteiger partial charge in [0.2, 0.25) is 5.91 Å². The molecule has 0 aliphatic carbocycles. The molecule has 92 valence electrons. The Morgan fingerprint density at radius 3 is 3.06 bits per heavy atom. The quantitative estimate of drug-likeness (QED) is 0.852. The number of nitrogens with one attached hydrogen (secondary N) is 1. The van der Waals surface area contributed by atoms with Crippen LogP contribution in [0, 0.1) is 0 Å². The van der Waals surface area contributed by atoms with Crippen molar-refractivity contribution in [1.82, 2.24) is 5.32 Å². The smallest absolute Gasteiger partial charge is 0.228 e. The van der Waals surface area contributed by atoms with Gasteiger partial charge in [0.25, 0.3) is 0 Å². The highest BCUT2D eigenvalue weighted by Crippen LogP contribution is 2.39. The molecule has 4 heteroatoms. The van der Waals surface area contributed by atoms with Crippen molar-refractivity contribution in [1.29, 1.82) is 0 Å². The lowest BCUT2D eigenvalue weighted by Gasteiger charge is -2.17. The van der Waals surface area contributed by atoms with Gasteiger partial charge in [-0.3, -0.25) is 4.79 Å². The first-order valence-electron chi connectivity index (χ1n) is 5.84. The SMILES string of the molecule is CCC(CCl)NC(=O)C1CSc2ccccc21. The van der Waals surface area contributed by atoms with E-state index in [4.69, 9.17) is 11.6 Å². The molecular weight excluding hydrogens is 254 g/mol. The maximum absolute atomic E-state index is 12.2. The molecule has 2 atom stereocenters. The summed E-state index contributed by atoms with van der Waals surface area (Å²) in [5, 5.41) is 3.01. The number of hydrogen-bond acceptors (Lipinski definition) is 2. The van der Waals surface area contributed by atoms with Crippen LogP contribution in [0.2, 0.25) is 0 Å². The molecule has 0 bridgehead atoms. The van der Waals surface area contributed by atoms with Gasteiger partial charge in [0.1, 0.15) is 0 Å². The number of rotatable bonds is 4. The Balaban J connectivity index is 2.07. The number of benzene rings is 1. The molecule has 0 spiro atoms. The highest BCUT2D eigenvalue weighted by atomic mass is 35.5. The number of carbonyl (C=O) groups is 1. The van der Waals surface area contributed by atoms with Crippen molar-refractivity contribution in [2.45, 2.75) is 30.2 Å². The molecule has 0 fully saturated rings. The fourth-order valence-corrected chi connectivity index (χ4v) is 3.46. The molecule has 1 aromatic carbocycles. The van der Waals surface area contributed by atoms with Gasteiger partial charge in [-0.1, -0.05) is 25.1 Å². The van der Waals surface area contributed by atoms with Crippen LogP contribution in [0.4, 0.5) is 0 Å². The van der Waals surface area contributed by atoms with E-state index < -0.39 is 0 Å². The summed E-state index contributed by atoms with van der Waals surface area (Å²) in [5.41, 5.74) is 1.15. The zero-order valence-corrected chi connectivity index (χ0v) is 11.4. The largest absolute Gasteiger partial charge is 0.352 e. The first-order valence-corrected chi connectivity index (χ1v) is 7.36. The van der Waals surface area contributed by atoms with E-state index in [0.717, 1.165) is 17.7 Å². The zero-order chi connectivity index (χ0) is 12.3. The third-order valence-electron chi connectivity index (χ3n) is 3.04. The second-order valence-corrected chi connectivity index (χ2v) is 5.54. The summed E-state index contributed by atoms with van der Waals surface area (Å²) in [4.78, 5) is 13.4. The third kappa shape index (κ3) is 2.78. The van der Waals surface area contributed by atoms with Crippen LogP contribution in [0.15, 0.2) is 29.2 Å². The molecule has 1 aliphatic heterocycles. The Labute approximate surface area is 111 Å². The van der Waals surface area contributed by atoms with Crippen LogP contribution in [-0.4, -0.2) is 23.6 Å². The molecule has 0 saturated heterocycles. The second kappa shape index (κ2) is 5.78. The molecule has 1 aliphatic rings. The van der Waals surface area contributed by atoms with Gasteiger partial charge in [0.15, 0.2) is 0 Å². The molecule has 0 aromatic heterocycles. The molecule has 0 saturated carbocycles. The molecule has 1 amide bonds. The summed E-state index contributed by atoms with van der Waals surface area (Å²) in [7, 11) is 0. The van der Waals surface area contributed by atoms with E-state index in [2.05, 4.69) is 11.4 Å². The van der Waals surface area contributed by atoms with E-state index in [9.17, 15) is 4.79 Å². The Kier molecular flexibility index (Phi) is 4.35. The fourth-order valence-electron chi connectivity index (χ4n) is 1.93. The molecule has 1 aromatic rings. The summed E-state index contributed by atoms with van der Waals surface area (Å²) in [6, 6.07) is 8.21. The lowest BCUT2D eigenvalue weighted by molar-refractivity contribution is -0.122. The maximum atomic E-state index is 12.2. The lowest BCUT2D eigenvalue weighted by Crippen LogP contribution is -2.38. The molecule has 2 nitrogen and oxygen atoms in total. The summed E-state index contributed by atoms with van der Waals surface area (Å²) in [5.74, 6) is 1.40. The molecule has 2 rings (SSSR count). The van der Waals surface area contributed by atoms with Crippen molar-refractivity contribution in [2.75, 3.05) is 11.6 Å².